The molecule has 0 spiro atoms. The number of hydrogen-bond donors (Lipinski definition) is 1. The number of nitrogens with two attached hydrogens (primary N) is 1. The van der Waals surface area contributed by atoms with E-state index in [1.54, 1.807) is 17.0 Å². The van der Waals surface area contributed by atoms with Crippen LogP contribution in [0.15, 0.2) is 46.7 Å². The molecule has 4 rings (SSSR count). The van der Waals surface area contributed by atoms with Gasteiger partial charge in [-0.15, -0.1) is 0 Å². The van der Waals surface area contributed by atoms with Crippen molar-refractivity contribution in [2.24, 2.45) is 11.1 Å². The van der Waals surface area contributed by atoms with Crippen LogP contribution in [0.4, 0.5) is 19.6 Å². The summed E-state index contributed by atoms with van der Waals surface area (Å²) in [6.07, 6.45) is 0. The smallest absolute Gasteiger partial charge is 0.235 e. The number of carbonyl (C=O) groups is 1. The summed E-state index contributed by atoms with van der Waals surface area (Å²) in [7, 11) is 0. The zero-order chi connectivity index (χ0) is 23.0. The molecule has 0 atom stereocenters. The van der Waals surface area contributed by atoms with Crippen LogP contribution in [0.5, 0.6) is 0 Å². The van der Waals surface area contributed by atoms with Crippen LogP contribution in [-0.2, 0) is 4.79 Å². The lowest BCUT2D eigenvalue weighted by molar-refractivity contribution is -0.123. The zero-order valence-corrected chi connectivity index (χ0v) is 19.6. The average molecular weight is 475 g/mol. The zero-order valence-electron chi connectivity index (χ0n) is 18.0. The molecule has 1 aliphatic rings. The van der Waals surface area contributed by atoms with Crippen molar-refractivity contribution in [2.45, 2.75) is 31.0 Å². The highest BCUT2D eigenvalue weighted by atomic mass is 32.2. The van der Waals surface area contributed by atoms with E-state index in [1.807, 2.05) is 32.9 Å². The molecule has 1 aliphatic heterocycles. The molecule has 2 heterocycles. The van der Waals surface area contributed by atoms with Crippen LogP contribution in [-0.4, -0.2) is 30.0 Å². The predicted molar refractivity (Wildman–Crippen MR) is 127 cm³/mol. The minimum Gasteiger partial charge on any atom is -0.370 e. The van der Waals surface area contributed by atoms with Gasteiger partial charge >= 0.3 is 0 Å². The number of aromatic nitrogens is 1. The number of aryl methyl sites for hydroxylation is 1. The Kier molecular flexibility index (Phi) is 6.50. The molecule has 3 aromatic rings. The maximum atomic E-state index is 14.0. The van der Waals surface area contributed by atoms with E-state index in [2.05, 4.69) is 9.88 Å². The third-order valence-corrected chi connectivity index (χ3v) is 7.51. The highest BCUT2D eigenvalue weighted by molar-refractivity contribution is 7.99. The summed E-state index contributed by atoms with van der Waals surface area (Å²) in [5, 5.41) is 6.37. The van der Waals surface area contributed by atoms with Gasteiger partial charge in [0.1, 0.15) is 11.6 Å². The lowest BCUT2D eigenvalue weighted by Gasteiger charge is -2.42. The molecule has 9 heteroatoms. The Bertz CT molecular complexity index is 1130. The maximum Gasteiger partial charge on any atom is 0.235 e. The molecule has 168 valence electrons. The van der Waals surface area contributed by atoms with Crippen molar-refractivity contribution in [3.05, 3.63) is 59.8 Å². The summed E-state index contributed by atoms with van der Waals surface area (Å²) in [5.41, 5.74) is 2.62. The number of hydrogen-bond acceptors (Lipinski definition) is 6. The minimum absolute atomic E-state index is 0.0156. The van der Waals surface area contributed by atoms with Crippen LogP contribution in [0.2, 0.25) is 0 Å². The largest absolute Gasteiger partial charge is 0.370 e. The molecule has 32 heavy (non-hydrogen) atoms. The third kappa shape index (κ3) is 4.37. The number of thiazole rings is 1. The fourth-order valence-corrected chi connectivity index (χ4v) is 5.34. The second-order valence-corrected chi connectivity index (χ2v) is 9.94. The van der Waals surface area contributed by atoms with Gasteiger partial charge in [0.2, 0.25) is 5.91 Å². The van der Waals surface area contributed by atoms with Crippen LogP contribution in [0.25, 0.3) is 11.1 Å². The summed E-state index contributed by atoms with van der Waals surface area (Å²) < 4.78 is 28.4. The fourth-order valence-electron chi connectivity index (χ4n) is 3.76. The van der Waals surface area contributed by atoms with Gasteiger partial charge in [-0.1, -0.05) is 23.5 Å². The van der Waals surface area contributed by atoms with Crippen molar-refractivity contribution < 1.29 is 13.6 Å². The Hall–Kier alpha value is -2.49. The summed E-state index contributed by atoms with van der Waals surface area (Å²) in [5.74, 6) is -1.01. The van der Waals surface area contributed by atoms with Gasteiger partial charge in [0.25, 0.3) is 0 Å². The first-order chi connectivity index (χ1) is 15.3. The summed E-state index contributed by atoms with van der Waals surface area (Å²) in [6, 6.07) is 10.7. The van der Waals surface area contributed by atoms with Crippen molar-refractivity contribution in [1.29, 1.82) is 0 Å². The summed E-state index contributed by atoms with van der Waals surface area (Å²) >= 11 is 2.59. The van der Waals surface area contributed by atoms with E-state index in [4.69, 9.17) is 5.14 Å². The van der Waals surface area contributed by atoms with Crippen molar-refractivity contribution in [2.75, 3.05) is 22.9 Å². The van der Waals surface area contributed by atoms with Crippen molar-refractivity contribution in [1.82, 2.24) is 4.98 Å². The topological polar surface area (TPSA) is 62.5 Å². The molecule has 1 fully saturated rings. The van der Waals surface area contributed by atoms with Gasteiger partial charge in [-0.25, -0.2) is 13.8 Å². The molecule has 1 saturated heterocycles. The van der Waals surface area contributed by atoms with E-state index in [9.17, 15) is 13.6 Å². The number of rotatable bonds is 6. The Balaban J connectivity index is 1.44. The van der Waals surface area contributed by atoms with Crippen LogP contribution >= 0.6 is 23.3 Å². The summed E-state index contributed by atoms with van der Waals surface area (Å²) in [6.45, 7) is 7.04. The van der Waals surface area contributed by atoms with E-state index in [0.717, 1.165) is 39.7 Å². The van der Waals surface area contributed by atoms with Crippen molar-refractivity contribution in [3.8, 4) is 11.1 Å². The van der Waals surface area contributed by atoms with Crippen LogP contribution < -0.4 is 14.9 Å². The van der Waals surface area contributed by atoms with E-state index in [0.29, 0.717) is 23.8 Å². The molecule has 0 radical (unpaired) electrons. The highest BCUT2D eigenvalue weighted by Crippen LogP contribution is 2.35. The normalized spacial score (nSPS) is 14.0. The lowest BCUT2D eigenvalue weighted by Crippen LogP contribution is -2.56. The number of anilines is 2. The quantitative estimate of drug-likeness (QED) is 0.495. The fraction of sp³-hybridized carbons (Fsp3) is 0.304. The average Bonchev–Trinajstić information content (AvgIpc) is 3.09. The van der Waals surface area contributed by atoms with Gasteiger partial charge in [-0.2, -0.15) is 0 Å². The number of carbonyl (C=O) groups excluding carboxylic acids is 1. The van der Waals surface area contributed by atoms with Crippen molar-refractivity contribution >= 4 is 40.0 Å². The minimum atomic E-state index is -0.475. The molecular weight excluding hydrogens is 450 g/mol. The van der Waals surface area contributed by atoms with E-state index in [1.165, 1.54) is 17.4 Å². The number of nitrogens with zero attached hydrogens (tertiary/aromatic N) is 3. The Labute approximate surface area is 194 Å². The van der Waals surface area contributed by atoms with E-state index >= 15 is 0 Å². The maximum absolute atomic E-state index is 14.0. The van der Waals surface area contributed by atoms with E-state index < -0.39 is 11.6 Å². The Morgan fingerprint density at radius 2 is 1.91 bits per heavy atom. The standard InChI is InChI=1S/C23H24F2N4OS2/c1-13(2)29(23-27-14(3)22(31-23)32-26)21(30)16-11-28(12-16)18-7-4-15(5-8-18)19-10-17(24)6-9-20(19)25/h4-10,13,16H,11-12,26H2,1-3H3. The van der Waals surface area contributed by atoms with Gasteiger partial charge in [0, 0.05) is 30.4 Å². The lowest BCUT2D eigenvalue weighted by atomic mass is 9.96. The molecule has 2 aromatic carbocycles. The first-order valence-corrected chi connectivity index (χ1v) is 12.0. The number of halogens is 2. The van der Waals surface area contributed by atoms with Gasteiger partial charge < -0.3 is 4.90 Å². The first kappa shape index (κ1) is 22.7. The Morgan fingerprint density at radius 3 is 2.50 bits per heavy atom. The SMILES string of the molecule is Cc1nc(N(C(=O)C2CN(c3ccc(-c4cc(F)ccc4F)cc3)C2)C(C)C)sc1SN. The Morgan fingerprint density at radius 1 is 1.22 bits per heavy atom. The number of benzene rings is 2. The third-order valence-electron chi connectivity index (χ3n) is 5.51. The second kappa shape index (κ2) is 9.17. The van der Waals surface area contributed by atoms with E-state index in [-0.39, 0.29) is 23.4 Å². The molecule has 5 nitrogen and oxygen atoms in total. The first-order valence-electron chi connectivity index (χ1n) is 10.3. The van der Waals surface area contributed by atoms with Crippen LogP contribution in [0, 0.1) is 24.5 Å². The monoisotopic (exact) mass is 474 g/mol. The second-order valence-electron chi connectivity index (χ2n) is 8.06. The van der Waals surface area contributed by atoms with Gasteiger partial charge in [-0.05, 0) is 68.6 Å². The molecule has 0 unspecified atom stereocenters. The molecule has 1 aromatic heterocycles. The molecule has 0 aliphatic carbocycles. The van der Waals surface area contributed by atoms with Gasteiger partial charge in [0.15, 0.2) is 5.13 Å². The van der Waals surface area contributed by atoms with Gasteiger partial charge in [-0.3, -0.25) is 14.8 Å². The van der Waals surface area contributed by atoms with Crippen molar-refractivity contribution in [3.63, 3.8) is 0 Å². The molecule has 0 bridgehead atoms. The van der Waals surface area contributed by atoms with Gasteiger partial charge in [0.05, 0.1) is 15.8 Å². The van der Waals surface area contributed by atoms with Crippen LogP contribution in [0.3, 0.4) is 0 Å². The molecule has 2 N–H and O–H groups in total. The summed E-state index contributed by atoms with van der Waals surface area (Å²) in [4.78, 5) is 21.6. The molecule has 1 amide bonds. The predicted octanol–water partition coefficient (Wildman–Crippen LogP) is 5.24. The molecular formula is C23H24F2N4OS2. The highest BCUT2D eigenvalue weighted by Gasteiger charge is 2.38. The number of amides is 1. The molecule has 0 saturated carbocycles. The van der Waals surface area contributed by atoms with Crippen LogP contribution in [0.1, 0.15) is 19.5 Å².